The molecule has 2 aromatic rings. The van der Waals surface area contributed by atoms with E-state index in [4.69, 9.17) is 9.47 Å². The van der Waals surface area contributed by atoms with Crippen molar-refractivity contribution < 1.29 is 19.2 Å². The summed E-state index contributed by atoms with van der Waals surface area (Å²) in [7, 11) is 3.05. The van der Waals surface area contributed by atoms with Crippen molar-refractivity contribution in [3.8, 4) is 11.5 Å². The first-order valence-electron chi connectivity index (χ1n) is 8.48. The van der Waals surface area contributed by atoms with Crippen molar-refractivity contribution in [2.24, 2.45) is 4.99 Å². The molecule has 28 heavy (non-hydrogen) atoms. The highest BCUT2D eigenvalue weighted by Crippen LogP contribution is 2.29. The van der Waals surface area contributed by atoms with Gasteiger partial charge in [0.2, 0.25) is 0 Å². The van der Waals surface area contributed by atoms with E-state index in [1.165, 1.54) is 38.1 Å². The zero-order valence-corrected chi connectivity index (χ0v) is 16.3. The zero-order valence-electron chi connectivity index (χ0n) is 15.5. The molecule has 0 atom stereocenters. The van der Waals surface area contributed by atoms with Gasteiger partial charge in [-0.3, -0.25) is 24.8 Å². The van der Waals surface area contributed by atoms with Crippen molar-refractivity contribution in [2.75, 3.05) is 27.3 Å². The van der Waals surface area contributed by atoms with Crippen molar-refractivity contribution in [1.82, 2.24) is 4.90 Å². The highest BCUT2D eigenvalue weighted by atomic mass is 32.2. The molecule has 2 aromatic carbocycles. The number of nitrogens with zero attached hydrogens (tertiary/aromatic N) is 3. The second-order valence-corrected chi connectivity index (χ2v) is 6.85. The Bertz CT molecular complexity index is 932. The summed E-state index contributed by atoms with van der Waals surface area (Å²) in [5, 5.41) is 11.5. The Hall–Kier alpha value is -3.07. The molecule has 0 N–H and O–H groups in total. The van der Waals surface area contributed by atoms with Gasteiger partial charge in [-0.25, -0.2) is 0 Å². The third-order valence-electron chi connectivity index (χ3n) is 4.17. The average Bonchev–Trinajstić information content (AvgIpc) is 3.20. The molecule has 1 aliphatic heterocycles. The van der Waals surface area contributed by atoms with Crippen LogP contribution in [0.3, 0.4) is 0 Å². The molecule has 146 valence electrons. The average molecular weight is 401 g/mol. The number of nitro groups is 1. The third-order valence-corrected chi connectivity index (χ3v) is 5.25. The molecule has 0 aliphatic carbocycles. The summed E-state index contributed by atoms with van der Waals surface area (Å²) < 4.78 is 10.5. The van der Waals surface area contributed by atoms with Crippen LogP contribution in [0.5, 0.6) is 11.5 Å². The van der Waals surface area contributed by atoms with E-state index >= 15 is 0 Å². The Morgan fingerprint density at radius 2 is 2.00 bits per heavy atom. The van der Waals surface area contributed by atoms with Crippen molar-refractivity contribution in [3.05, 3.63) is 63.7 Å². The van der Waals surface area contributed by atoms with E-state index in [0.29, 0.717) is 41.1 Å². The van der Waals surface area contributed by atoms with E-state index < -0.39 is 4.92 Å². The Kier molecular flexibility index (Phi) is 6.15. The molecular formula is C19H19N3O5S. The monoisotopic (exact) mass is 401 g/mol. The van der Waals surface area contributed by atoms with Gasteiger partial charge in [-0.2, -0.15) is 0 Å². The largest absolute Gasteiger partial charge is 0.493 e. The number of non-ortho nitro benzene ring substituents is 1. The van der Waals surface area contributed by atoms with Crippen LogP contribution < -0.4 is 9.47 Å². The molecule has 1 heterocycles. The van der Waals surface area contributed by atoms with Gasteiger partial charge in [-0.1, -0.05) is 23.9 Å². The summed E-state index contributed by atoms with van der Waals surface area (Å²) >= 11 is 1.38. The molecule has 8 nitrogen and oxygen atoms in total. The maximum absolute atomic E-state index is 12.9. The van der Waals surface area contributed by atoms with Crippen molar-refractivity contribution in [3.63, 3.8) is 0 Å². The summed E-state index contributed by atoms with van der Waals surface area (Å²) in [4.78, 5) is 29.4. The number of nitro benzene ring substituents is 1. The fourth-order valence-electron chi connectivity index (χ4n) is 2.77. The van der Waals surface area contributed by atoms with Gasteiger partial charge in [0.05, 0.1) is 25.7 Å². The molecule has 1 amide bonds. The van der Waals surface area contributed by atoms with E-state index in [2.05, 4.69) is 4.99 Å². The lowest BCUT2D eigenvalue weighted by Gasteiger charge is -2.18. The fourth-order valence-corrected chi connectivity index (χ4v) is 3.76. The maximum atomic E-state index is 12.9. The SMILES string of the molecule is COc1ccc(C(=O)N2CCN=C2SCc2cccc([N+](=O)[O-])c2)cc1OC. The Labute approximate surface area is 166 Å². The summed E-state index contributed by atoms with van der Waals surface area (Å²) in [6, 6.07) is 11.5. The van der Waals surface area contributed by atoms with Crippen LogP contribution in [0.25, 0.3) is 0 Å². The number of benzene rings is 2. The number of methoxy groups -OCH3 is 2. The van der Waals surface area contributed by atoms with Gasteiger partial charge in [0.25, 0.3) is 11.6 Å². The number of carbonyl (C=O) groups is 1. The van der Waals surface area contributed by atoms with E-state index in [9.17, 15) is 14.9 Å². The van der Waals surface area contributed by atoms with E-state index in [1.54, 1.807) is 29.2 Å². The van der Waals surface area contributed by atoms with Crippen LogP contribution in [0, 0.1) is 10.1 Å². The van der Waals surface area contributed by atoms with Gasteiger partial charge in [-0.15, -0.1) is 0 Å². The van der Waals surface area contributed by atoms with Gasteiger partial charge in [0.1, 0.15) is 0 Å². The highest BCUT2D eigenvalue weighted by molar-refractivity contribution is 8.13. The lowest BCUT2D eigenvalue weighted by atomic mass is 10.2. The van der Waals surface area contributed by atoms with Crippen LogP contribution in [0.4, 0.5) is 5.69 Å². The number of ether oxygens (including phenoxy) is 2. The van der Waals surface area contributed by atoms with Gasteiger partial charge in [-0.05, 0) is 23.8 Å². The molecule has 0 saturated carbocycles. The van der Waals surface area contributed by atoms with Crippen molar-refractivity contribution in [2.45, 2.75) is 5.75 Å². The number of rotatable bonds is 6. The Morgan fingerprint density at radius 3 is 2.71 bits per heavy atom. The Balaban J connectivity index is 1.71. The number of hydrogen-bond acceptors (Lipinski definition) is 7. The van der Waals surface area contributed by atoms with E-state index in [0.717, 1.165) is 5.56 Å². The van der Waals surface area contributed by atoms with E-state index in [1.807, 2.05) is 6.07 Å². The molecule has 9 heteroatoms. The van der Waals surface area contributed by atoms with Crippen molar-refractivity contribution >= 4 is 28.5 Å². The summed E-state index contributed by atoms with van der Waals surface area (Å²) in [5.74, 6) is 1.34. The van der Waals surface area contributed by atoms with Gasteiger partial charge < -0.3 is 9.47 Å². The predicted molar refractivity (Wildman–Crippen MR) is 107 cm³/mol. The van der Waals surface area contributed by atoms with Crippen LogP contribution >= 0.6 is 11.8 Å². The molecule has 0 bridgehead atoms. The summed E-state index contributed by atoms with van der Waals surface area (Å²) in [6.07, 6.45) is 0. The van der Waals surface area contributed by atoms with Gasteiger partial charge in [0.15, 0.2) is 16.7 Å². The minimum absolute atomic E-state index is 0.0460. The molecule has 0 fully saturated rings. The third kappa shape index (κ3) is 4.25. The van der Waals surface area contributed by atoms with Crippen LogP contribution in [0.15, 0.2) is 47.5 Å². The molecule has 0 spiro atoms. The van der Waals surface area contributed by atoms with Crippen LogP contribution in [-0.4, -0.2) is 48.2 Å². The lowest BCUT2D eigenvalue weighted by Crippen LogP contribution is -2.32. The second-order valence-electron chi connectivity index (χ2n) is 5.91. The number of carbonyl (C=O) groups excluding carboxylic acids is 1. The van der Waals surface area contributed by atoms with E-state index in [-0.39, 0.29) is 11.6 Å². The molecule has 0 radical (unpaired) electrons. The molecule has 0 saturated heterocycles. The molecule has 0 unspecified atom stereocenters. The first-order chi connectivity index (χ1) is 13.5. The zero-order chi connectivity index (χ0) is 20.1. The van der Waals surface area contributed by atoms with Crippen molar-refractivity contribution in [1.29, 1.82) is 0 Å². The van der Waals surface area contributed by atoms with Crippen LogP contribution in [0.2, 0.25) is 0 Å². The quantitative estimate of drug-likeness (QED) is 0.544. The predicted octanol–water partition coefficient (Wildman–Crippen LogP) is 3.36. The fraction of sp³-hybridized carbons (Fsp3) is 0.263. The second kappa shape index (κ2) is 8.75. The summed E-state index contributed by atoms with van der Waals surface area (Å²) in [6.45, 7) is 1.01. The molecule has 1 aliphatic rings. The number of aliphatic imine (C=N–C) groups is 1. The molecule has 0 aromatic heterocycles. The summed E-state index contributed by atoms with van der Waals surface area (Å²) in [5.41, 5.74) is 1.32. The highest BCUT2D eigenvalue weighted by Gasteiger charge is 2.26. The maximum Gasteiger partial charge on any atom is 0.269 e. The number of amides is 1. The smallest absolute Gasteiger partial charge is 0.269 e. The topological polar surface area (TPSA) is 94.3 Å². The Morgan fingerprint density at radius 1 is 1.21 bits per heavy atom. The minimum atomic E-state index is -0.422. The lowest BCUT2D eigenvalue weighted by molar-refractivity contribution is -0.384. The normalized spacial score (nSPS) is 13.2. The van der Waals surface area contributed by atoms with Crippen LogP contribution in [0.1, 0.15) is 15.9 Å². The van der Waals surface area contributed by atoms with Crippen LogP contribution in [-0.2, 0) is 5.75 Å². The standard InChI is InChI=1S/C19H19N3O5S/c1-26-16-7-6-14(11-17(16)27-2)18(23)21-9-8-20-19(21)28-12-13-4-3-5-15(10-13)22(24)25/h3-7,10-11H,8-9,12H2,1-2H3. The first kappa shape index (κ1) is 19.7. The number of amidine groups is 1. The van der Waals surface area contributed by atoms with Gasteiger partial charge in [0, 0.05) is 30.0 Å². The molecule has 3 rings (SSSR count). The first-order valence-corrected chi connectivity index (χ1v) is 9.46. The van der Waals surface area contributed by atoms with Gasteiger partial charge >= 0.3 is 0 Å². The number of thioether (sulfide) groups is 1. The molecular weight excluding hydrogens is 382 g/mol. The minimum Gasteiger partial charge on any atom is -0.493 e. The number of hydrogen-bond donors (Lipinski definition) is 0.